The van der Waals surface area contributed by atoms with E-state index in [0.717, 1.165) is 6.42 Å². The maximum atomic E-state index is 11.3. The zero-order valence-electron chi connectivity index (χ0n) is 9.09. The first-order valence-electron chi connectivity index (χ1n) is 5.01. The van der Waals surface area contributed by atoms with E-state index in [-0.39, 0.29) is 5.92 Å². The van der Waals surface area contributed by atoms with Crippen molar-refractivity contribution < 1.29 is 9.59 Å². The number of rotatable bonds is 4. The van der Waals surface area contributed by atoms with E-state index in [1.807, 2.05) is 13.8 Å². The van der Waals surface area contributed by atoms with Gasteiger partial charge < -0.3 is 0 Å². The molecule has 0 saturated carbocycles. The van der Waals surface area contributed by atoms with Gasteiger partial charge in [0.25, 0.3) is 10.5 Å². The molecule has 0 aliphatic heterocycles. The second-order valence-electron chi connectivity index (χ2n) is 3.62. The van der Waals surface area contributed by atoms with Crippen LogP contribution in [0.15, 0.2) is 18.2 Å². The molecule has 1 atom stereocenters. The van der Waals surface area contributed by atoms with Gasteiger partial charge in [-0.15, -0.1) is 0 Å². The number of halogens is 2. The van der Waals surface area contributed by atoms with E-state index in [4.69, 9.17) is 23.2 Å². The van der Waals surface area contributed by atoms with Gasteiger partial charge in [0.2, 0.25) is 0 Å². The third-order valence-corrected chi connectivity index (χ3v) is 3.04. The van der Waals surface area contributed by atoms with Crippen molar-refractivity contribution >= 4 is 33.7 Å². The van der Waals surface area contributed by atoms with Crippen LogP contribution in [0.2, 0.25) is 0 Å². The molecular formula is C12H12Cl2O2. The first-order chi connectivity index (χ1) is 7.49. The predicted molar refractivity (Wildman–Crippen MR) is 65.5 cm³/mol. The lowest BCUT2D eigenvalue weighted by Crippen LogP contribution is -2.07. The summed E-state index contributed by atoms with van der Waals surface area (Å²) >= 11 is 11.0. The normalized spacial score (nSPS) is 12.2. The molecule has 0 fully saturated rings. The lowest BCUT2D eigenvalue weighted by Gasteiger charge is -2.15. The first kappa shape index (κ1) is 13.2. The Bertz CT molecular complexity index is 395. The number of hydrogen-bond acceptors (Lipinski definition) is 2. The van der Waals surface area contributed by atoms with Gasteiger partial charge in [-0.3, -0.25) is 9.59 Å². The van der Waals surface area contributed by atoms with Crippen molar-refractivity contribution in [1.82, 2.24) is 0 Å². The number of hydrogen-bond donors (Lipinski definition) is 0. The molecule has 1 aromatic rings. The van der Waals surface area contributed by atoms with Crippen molar-refractivity contribution in [2.45, 2.75) is 26.2 Å². The van der Waals surface area contributed by atoms with Gasteiger partial charge >= 0.3 is 0 Å². The number of benzene rings is 1. The largest absolute Gasteiger partial charge is 0.276 e. The summed E-state index contributed by atoms with van der Waals surface area (Å²) in [5.41, 5.74) is 1.37. The molecule has 1 rings (SSSR count). The molecule has 0 amide bonds. The molecule has 0 aromatic heterocycles. The summed E-state index contributed by atoms with van der Waals surface area (Å²) < 4.78 is 0. The Hall–Kier alpha value is -0.860. The Kier molecular flexibility index (Phi) is 4.51. The van der Waals surface area contributed by atoms with Crippen molar-refractivity contribution in [1.29, 1.82) is 0 Å². The third kappa shape index (κ3) is 2.63. The average Bonchev–Trinajstić information content (AvgIpc) is 2.26. The Balaban J connectivity index is 3.46. The number of carbonyl (C=O) groups is 2. The second kappa shape index (κ2) is 5.46. The van der Waals surface area contributed by atoms with Gasteiger partial charge in [-0.2, -0.15) is 0 Å². The Morgan fingerprint density at radius 3 is 1.94 bits per heavy atom. The van der Waals surface area contributed by atoms with Crippen LogP contribution >= 0.6 is 23.2 Å². The van der Waals surface area contributed by atoms with Gasteiger partial charge in [0.05, 0.1) is 0 Å². The van der Waals surface area contributed by atoms with Crippen LogP contribution in [0.1, 0.15) is 52.5 Å². The van der Waals surface area contributed by atoms with Gasteiger partial charge in [0.1, 0.15) is 0 Å². The summed E-state index contributed by atoms with van der Waals surface area (Å²) in [5, 5.41) is -1.12. The summed E-state index contributed by atoms with van der Waals surface area (Å²) in [6, 6.07) is 4.83. The number of carbonyl (C=O) groups excluding carboxylic acids is 2. The summed E-state index contributed by atoms with van der Waals surface area (Å²) in [6.45, 7) is 3.91. The molecule has 0 aliphatic rings. The summed E-state index contributed by atoms with van der Waals surface area (Å²) in [5.74, 6) is 0.0663. The van der Waals surface area contributed by atoms with Gasteiger partial charge in [-0.1, -0.05) is 19.9 Å². The Morgan fingerprint density at radius 2 is 1.62 bits per heavy atom. The molecule has 16 heavy (non-hydrogen) atoms. The standard InChI is InChI=1S/C12H12Cl2O2/c1-3-7(2)10-8(11(13)15)5-4-6-9(10)12(14)16/h4-7H,3H2,1-2H3. The maximum absolute atomic E-state index is 11.3. The molecule has 0 aliphatic carbocycles. The predicted octanol–water partition coefficient (Wildman–Crippen LogP) is 3.96. The summed E-state index contributed by atoms with van der Waals surface area (Å²) in [7, 11) is 0. The molecule has 0 heterocycles. The van der Waals surface area contributed by atoms with Crippen molar-refractivity contribution in [3.8, 4) is 0 Å². The van der Waals surface area contributed by atoms with Crippen LogP contribution < -0.4 is 0 Å². The maximum Gasteiger partial charge on any atom is 0.252 e. The van der Waals surface area contributed by atoms with Crippen LogP contribution in [0.25, 0.3) is 0 Å². The zero-order valence-corrected chi connectivity index (χ0v) is 10.6. The molecule has 0 saturated heterocycles. The van der Waals surface area contributed by atoms with Gasteiger partial charge in [0, 0.05) is 11.1 Å². The highest BCUT2D eigenvalue weighted by atomic mass is 35.5. The van der Waals surface area contributed by atoms with Crippen LogP contribution in [0.4, 0.5) is 0 Å². The van der Waals surface area contributed by atoms with Gasteiger partial charge in [-0.25, -0.2) is 0 Å². The van der Waals surface area contributed by atoms with Crippen molar-refractivity contribution in [2.24, 2.45) is 0 Å². The Morgan fingerprint density at radius 1 is 1.19 bits per heavy atom. The monoisotopic (exact) mass is 258 g/mol. The smallest absolute Gasteiger partial charge is 0.252 e. The molecule has 0 radical (unpaired) electrons. The highest BCUT2D eigenvalue weighted by Crippen LogP contribution is 2.28. The van der Waals surface area contributed by atoms with E-state index >= 15 is 0 Å². The molecule has 4 heteroatoms. The van der Waals surface area contributed by atoms with Crippen LogP contribution in [0, 0.1) is 0 Å². The fraction of sp³-hybridized carbons (Fsp3) is 0.333. The lowest BCUT2D eigenvalue weighted by molar-refractivity contribution is 0.108. The lowest BCUT2D eigenvalue weighted by atomic mass is 9.90. The first-order valence-corrected chi connectivity index (χ1v) is 5.77. The van der Waals surface area contributed by atoms with Gasteiger partial charge in [-0.05, 0) is 53.2 Å². The molecule has 2 nitrogen and oxygen atoms in total. The van der Waals surface area contributed by atoms with E-state index in [0.29, 0.717) is 16.7 Å². The average molecular weight is 259 g/mol. The fourth-order valence-electron chi connectivity index (χ4n) is 1.64. The summed E-state index contributed by atoms with van der Waals surface area (Å²) in [4.78, 5) is 22.5. The highest BCUT2D eigenvalue weighted by Gasteiger charge is 2.20. The summed E-state index contributed by atoms with van der Waals surface area (Å²) in [6.07, 6.45) is 0.804. The molecule has 0 spiro atoms. The Labute approximate surface area is 105 Å². The third-order valence-electron chi connectivity index (χ3n) is 2.63. The minimum Gasteiger partial charge on any atom is -0.276 e. The fourth-order valence-corrected chi connectivity index (χ4v) is 1.97. The molecule has 1 unspecified atom stereocenters. The molecule has 0 N–H and O–H groups in total. The quantitative estimate of drug-likeness (QED) is 0.767. The molecule has 0 bridgehead atoms. The highest BCUT2D eigenvalue weighted by molar-refractivity contribution is 6.69. The SMILES string of the molecule is CCC(C)c1c(C(=O)Cl)cccc1C(=O)Cl. The van der Waals surface area contributed by atoms with E-state index in [1.165, 1.54) is 0 Å². The zero-order chi connectivity index (χ0) is 12.3. The van der Waals surface area contributed by atoms with Crippen LogP contribution in [-0.4, -0.2) is 10.5 Å². The van der Waals surface area contributed by atoms with Gasteiger partial charge in [0.15, 0.2) is 0 Å². The minimum atomic E-state index is -0.560. The van der Waals surface area contributed by atoms with E-state index in [1.54, 1.807) is 18.2 Å². The molecule has 86 valence electrons. The van der Waals surface area contributed by atoms with Crippen LogP contribution in [0.3, 0.4) is 0 Å². The van der Waals surface area contributed by atoms with E-state index < -0.39 is 10.5 Å². The van der Waals surface area contributed by atoms with Crippen LogP contribution in [0.5, 0.6) is 0 Å². The second-order valence-corrected chi connectivity index (χ2v) is 4.31. The van der Waals surface area contributed by atoms with Crippen molar-refractivity contribution in [3.63, 3.8) is 0 Å². The van der Waals surface area contributed by atoms with Crippen LogP contribution in [-0.2, 0) is 0 Å². The van der Waals surface area contributed by atoms with E-state index in [9.17, 15) is 9.59 Å². The van der Waals surface area contributed by atoms with E-state index in [2.05, 4.69) is 0 Å². The topological polar surface area (TPSA) is 34.1 Å². The molecule has 1 aromatic carbocycles. The van der Waals surface area contributed by atoms with Crippen molar-refractivity contribution in [3.05, 3.63) is 34.9 Å². The minimum absolute atomic E-state index is 0.0663. The molecular weight excluding hydrogens is 247 g/mol. The van der Waals surface area contributed by atoms with Crippen molar-refractivity contribution in [2.75, 3.05) is 0 Å².